The molecule has 0 radical (unpaired) electrons. The van der Waals surface area contributed by atoms with E-state index in [0.717, 1.165) is 49.9 Å². The normalized spacial score (nSPS) is 18.0. The Kier molecular flexibility index (Phi) is 6.60. The Balaban J connectivity index is 1.39. The van der Waals surface area contributed by atoms with Crippen LogP contribution in [-0.2, 0) is 4.74 Å². The number of nitrogens with zero attached hydrogens (tertiary/aromatic N) is 3. The van der Waals surface area contributed by atoms with E-state index in [1.807, 2.05) is 42.5 Å². The largest absolute Gasteiger partial charge is 0.436 e. The Morgan fingerprint density at radius 2 is 1.85 bits per heavy atom. The van der Waals surface area contributed by atoms with Crippen molar-refractivity contribution < 1.29 is 13.9 Å². The molecule has 1 amide bonds. The first-order valence-electron chi connectivity index (χ1n) is 12.0. The summed E-state index contributed by atoms with van der Waals surface area (Å²) < 4.78 is 11.6. The summed E-state index contributed by atoms with van der Waals surface area (Å²) in [5.41, 5.74) is 3.67. The van der Waals surface area contributed by atoms with Crippen molar-refractivity contribution in [2.24, 2.45) is 5.92 Å². The number of hydrogen-bond donors (Lipinski definition) is 1. The van der Waals surface area contributed by atoms with E-state index in [-0.39, 0.29) is 5.91 Å². The summed E-state index contributed by atoms with van der Waals surface area (Å²) in [7, 11) is 0. The third kappa shape index (κ3) is 5.04. The molecular formula is C26H32N4O3. The maximum atomic E-state index is 13.3. The van der Waals surface area contributed by atoms with Gasteiger partial charge >= 0.3 is 0 Å². The average molecular weight is 449 g/mol. The summed E-state index contributed by atoms with van der Waals surface area (Å²) in [6, 6.07) is 13.7. The number of morpholine rings is 1. The standard InChI is InChI=1S/C26H32N4O3/c1-19-7-10-29(11-8-19)12-9-27-25(31)22-17-21(30-13-15-32-16-14-30)18-23-24(22)28-26(33-23)20-5-3-2-4-6-20/h2-6,17-19H,7-16H2,1H3,(H,27,31). The van der Waals surface area contributed by atoms with Gasteiger partial charge in [0, 0.05) is 43.5 Å². The fraction of sp³-hybridized carbons (Fsp3) is 0.462. The van der Waals surface area contributed by atoms with Crippen LogP contribution in [0.1, 0.15) is 30.1 Å². The predicted octanol–water partition coefficient (Wildman–Crippen LogP) is 3.79. The zero-order chi connectivity index (χ0) is 22.6. The summed E-state index contributed by atoms with van der Waals surface area (Å²) in [5, 5.41) is 3.12. The molecule has 2 aliphatic heterocycles. The number of hydrogen-bond acceptors (Lipinski definition) is 6. The number of likely N-dealkylation sites (tertiary alicyclic amines) is 1. The number of amides is 1. The van der Waals surface area contributed by atoms with E-state index in [1.165, 1.54) is 12.8 Å². The molecule has 1 N–H and O–H groups in total. The first-order valence-corrected chi connectivity index (χ1v) is 12.0. The van der Waals surface area contributed by atoms with E-state index in [1.54, 1.807) is 0 Å². The molecule has 0 aliphatic carbocycles. The molecule has 2 aliphatic rings. The van der Waals surface area contributed by atoms with Gasteiger partial charge in [0.1, 0.15) is 5.52 Å². The molecule has 7 heteroatoms. The van der Waals surface area contributed by atoms with Crippen LogP contribution in [0, 0.1) is 5.92 Å². The van der Waals surface area contributed by atoms with Gasteiger partial charge in [-0.3, -0.25) is 4.79 Å². The minimum absolute atomic E-state index is 0.103. The smallest absolute Gasteiger partial charge is 0.253 e. The maximum absolute atomic E-state index is 13.3. The van der Waals surface area contributed by atoms with Crippen LogP contribution in [0.25, 0.3) is 22.6 Å². The molecule has 0 unspecified atom stereocenters. The van der Waals surface area contributed by atoms with Crippen molar-refractivity contribution in [3.63, 3.8) is 0 Å². The summed E-state index contributed by atoms with van der Waals surface area (Å²) >= 11 is 0. The number of nitrogens with one attached hydrogen (secondary N) is 1. The van der Waals surface area contributed by atoms with Gasteiger partial charge in [0.05, 0.1) is 18.8 Å². The minimum Gasteiger partial charge on any atom is -0.436 e. The third-order valence-corrected chi connectivity index (χ3v) is 6.71. The molecule has 0 atom stereocenters. The molecule has 2 saturated heterocycles. The van der Waals surface area contributed by atoms with Crippen LogP contribution in [-0.4, -0.2) is 68.3 Å². The van der Waals surface area contributed by atoms with E-state index in [4.69, 9.17) is 14.1 Å². The number of carbonyl (C=O) groups excluding carboxylic acids is 1. The molecule has 0 bridgehead atoms. The summed E-state index contributed by atoms with van der Waals surface area (Å²) in [5.74, 6) is 1.23. The van der Waals surface area contributed by atoms with Crippen LogP contribution in [0.15, 0.2) is 46.9 Å². The Labute approximate surface area is 194 Å². The van der Waals surface area contributed by atoms with Crippen LogP contribution < -0.4 is 10.2 Å². The second-order valence-electron chi connectivity index (χ2n) is 9.10. The number of piperidine rings is 1. The second kappa shape index (κ2) is 9.93. The van der Waals surface area contributed by atoms with Gasteiger partial charge in [0.2, 0.25) is 5.89 Å². The molecule has 3 aromatic rings. The molecule has 0 saturated carbocycles. The van der Waals surface area contributed by atoms with Crippen molar-refractivity contribution in [3.05, 3.63) is 48.0 Å². The number of aromatic nitrogens is 1. The summed E-state index contributed by atoms with van der Waals surface area (Å²) in [6.07, 6.45) is 2.47. The molecule has 174 valence electrons. The molecular weight excluding hydrogens is 416 g/mol. The van der Waals surface area contributed by atoms with Gasteiger partial charge in [0.25, 0.3) is 5.91 Å². The molecule has 5 rings (SSSR count). The lowest BCUT2D eigenvalue weighted by Crippen LogP contribution is -2.39. The highest BCUT2D eigenvalue weighted by Crippen LogP contribution is 2.31. The van der Waals surface area contributed by atoms with Gasteiger partial charge < -0.3 is 24.3 Å². The third-order valence-electron chi connectivity index (χ3n) is 6.71. The predicted molar refractivity (Wildman–Crippen MR) is 130 cm³/mol. The minimum atomic E-state index is -0.103. The molecule has 2 fully saturated rings. The SMILES string of the molecule is CC1CCN(CCNC(=O)c2cc(N3CCOCC3)cc3oc(-c4ccccc4)nc23)CC1. The Hall–Kier alpha value is -2.90. The van der Waals surface area contributed by atoms with Gasteiger partial charge in [-0.25, -0.2) is 4.98 Å². The lowest BCUT2D eigenvalue weighted by molar-refractivity contribution is 0.0946. The van der Waals surface area contributed by atoms with Crippen molar-refractivity contribution in [3.8, 4) is 11.5 Å². The second-order valence-corrected chi connectivity index (χ2v) is 9.10. The van der Waals surface area contributed by atoms with Gasteiger partial charge in [-0.15, -0.1) is 0 Å². The zero-order valence-corrected chi connectivity index (χ0v) is 19.3. The van der Waals surface area contributed by atoms with Crippen LogP contribution >= 0.6 is 0 Å². The quantitative estimate of drug-likeness (QED) is 0.619. The van der Waals surface area contributed by atoms with E-state index < -0.39 is 0 Å². The average Bonchev–Trinajstić information content (AvgIpc) is 3.30. The Morgan fingerprint density at radius 3 is 2.61 bits per heavy atom. The van der Waals surface area contributed by atoms with Crippen molar-refractivity contribution in [1.82, 2.24) is 15.2 Å². The number of oxazole rings is 1. The highest BCUT2D eigenvalue weighted by molar-refractivity contribution is 6.06. The molecule has 1 aromatic heterocycles. The Bertz CT molecular complexity index is 1080. The number of fused-ring (bicyclic) bond motifs is 1. The monoisotopic (exact) mass is 448 g/mol. The lowest BCUT2D eigenvalue weighted by Gasteiger charge is -2.30. The highest BCUT2D eigenvalue weighted by atomic mass is 16.5. The van der Waals surface area contributed by atoms with Crippen LogP contribution in [0.4, 0.5) is 5.69 Å². The summed E-state index contributed by atoms with van der Waals surface area (Å²) in [6.45, 7) is 8.97. The summed E-state index contributed by atoms with van der Waals surface area (Å²) in [4.78, 5) is 22.7. The molecule has 33 heavy (non-hydrogen) atoms. The maximum Gasteiger partial charge on any atom is 0.253 e. The zero-order valence-electron chi connectivity index (χ0n) is 19.3. The fourth-order valence-electron chi connectivity index (χ4n) is 4.60. The first kappa shape index (κ1) is 21.9. The lowest BCUT2D eigenvalue weighted by atomic mass is 9.99. The van der Waals surface area contributed by atoms with Crippen molar-refractivity contribution >= 4 is 22.7 Å². The van der Waals surface area contributed by atoms with Gasteiger partial charge in [0.15, 0.2) is 5.58 Å². The molecule has 3 heterocycles. The van der Waals surface area contributed by atoms with Crippen LogP contribution in [0.2, 0.25) is 0 Å². The van der Waals surface area contributed by atoms with Crippen molar-refractivity contribution in [2.45, 2.75) is 19.8 Å². The Morgan fingerprint density at radius 1 is 1.09 bits per heavy atom. The number of rotatable bonds is 6. The van der Waals surface area contributed by atoms with Crippen LogP contribution in [0.3, 0.4) is 0 Å². The van der Waals surface area contributed by atoms with Crippen molar-refractivity contribution in [1.29, 1.82) is 0 Å². The van der Waals surface area contributed by atoms with Crippen LogP contribution in [0.5, 0.6) is 0 Å². The van der Waals surface area contributed by atoms with Gasteiger partial charge in [-0.2, -0.15) is 0 Å². The number of benzene rings is 2. The fourth-order valence-corrected chi connectivity index (χ4v) is 4.60. The number of carbonyl (C=O) groups is 1. The molecule has 0 spiro atoms. The first-order chi connectivity index (χ1) is 16.2. The van der Waals surface area contributed by atoms with Gasteiger partial charge in [-0.05, 0) is 50.0 Å². The van der Waals surface area contributed by atoms with E-state index >= 15 is 0 Å². The molecule has 2 aromatic carbocycles. The van der Waals surface area contributed by atoms with E-state index in [2.05, 4.69) is 22.0 Å². The van der Waals surface area contributed by atoms with E-state index in [0.29, 0.717) is 42.3 Å². The topological polar surface area (TPSA) is 70.8 Å². The van der Waals surface area contributed by atoms with Gasteiger partial charge in [-0.1, -0.05) is 25.1 Å². The number of anilines is 1. The number of ether oxygens (including phenoxy) is 1. The van der Waals surface area contributed by atoms with Crippen molar-refractivity contribution in [2.75, 3.05) is 57.4 Å². The van der Waals surface area contributed by atoms with E-state index in [9.17, 15) is 4.79 Å². The highest BCUT2D eigenvalue weighted by Gasteiger charge is 2.22. The molecule has 7 nitrogen and oxygen atoms in total.